The van der Waals surface area contributed by atoms with Gasteiger partial charge in [0.05, 0.1) is 20.9 Å². The lowest BCUT2D eigenvalue weighted by Gasteiger charge is -2.17. The van der Waals surface area contributed by atoms with Crippen molar-refractivity contribution in [2.24, 2.45) is 10.3 Å². The Labute approximate surface area is 189 Å². The molecule has 0 amide bonds. The summed E-state index contributed by atoms with van der Waals surface area (Å²) in [4.78, 5) is -0.924. The molecule has 14 heteroatoms. The first kappa shape index (κ1) is 25.7. The van der Waals surface area contributed by atoms with Crippen LogP contribution in [0.25, 0.3) is 22.3 Å². The number of sulfonamides is 2. The van der Waals surface area contributed by atoms with Crippen molar-refractivity contribution in [3.63, 3.8) is 0 Å². The Morgan fingerprint density at radius 2 is 1.06 bits per heavy atom. The van der Waals surface area contributed by atoms with Gasteiger partial charge in [0.2, 0.25) is 20.0 Å². The minimum Gasteiger partial charge on any atom is -0.225 e. The predicted molar refractivity (Wildman–Crippen MR) is 110 cm³/mol. The van der Waals surface area contributed by atoms with Crippen molar-refractivity contribution in [1.82, 2.24) is 0 Å². The fourth-order valence-corrected chi connectivity index (χ4v) is 4.24. The average Bonchev–Trinajstić information content (AvgIpc) is 2.70. The van der Waals surface area contributed by atoms with Crippen LogP contribution in [-0.4, -0.2) is 16.8 Å². The summed E-state index contributed by atoms with van der Waals surface area (Å²) in [5.74, 6) is 0. The first-order chi connectivity index (χ1) is 15.4. The average molecular weight is 524 g/mol. The fraction of sp³-hybridized carbons (Fsp3) is 0.100. The third-order valence-corrected chi connectivity index (χ3v) is 6.51. The number of hydrogen-bond donors (Lipinski definition) is 2. The van der Waals surface area contributed by atoms with Gasteiger partial charge in [0.15, 0.2) is 0 Å². The van der Waals surface area contributed by atoms with Gasteiger partial charge in [-0.25, -0.2) is 27.1 Å². The van der Waals surface area contributed by atoms with Crippen LogP contribution in [0.1, 0.15) is 11.1 Å². The highest BCUT2D eigenvalue weighted by atomic mass is 32.2. The largest absolute Gasteiger partial charge is 0.416 e. The second-order valence-corrected chi connectivity index (χ2v) is 10.2. The van der Waals surface area contributed by atoms with Crippen LogP contribution in [0.4, 0.5) is 26.3 Å². The Hall–Kier alpha value is -2.94. The van der Waals surface area contributed by atoms with E-state index in [9.17, 15) is 43.2 Å². The van der Waals surface area contributed by atoms with Crippen molar-refractivity contribution in [2.75, 3.05) is 0 Å². The molecule has 0 saturated heterocycles. The van der Waals surface area contributed by atoms with E-state index in [1.165, 1.54) is 12.1 Å². The van der Waals surface area contributed by atoms with Crippen molar-refractivity contribution in [3.05, 3.63) is 71.8 Å². The molecule has 0 aromatic heterocycles. The Balaban J connectivity index is 2.41. The molecule has 3 aromatic rings. The van der Waals surface area contributed by atoms with Crippen LogP contribution in [0.15, 0.2) is 70.5 Å². The fourth-order valence-electron chi connectivity index (χ4n) is 3.14. The van der Waals surface area contributed by atoms with E-state index in [2.05, 4.69) is 0 Å². The maximum atomic E-state index is 13.3. The van der Waals surface area contributed by atoms with Crippen LogP contribution in [0.3, 0.4) is 0 Å². The number of rotatable bonds is 4. The molecule has 0 unspecified atom stereocenters. The first-order valence-electron chi connectivity index (χ1n) is 8.97. The van der Waals surface area contributed by atoms with Crippen molar-refractivity contribution >= 4 is 20.0 Å². The molecule has 0 aliphatic carbocycles. The van der Waals surface area contributed by atoms with Crippen LogP contribution in [0.2, 0.25) is 0 Å². The molecule has 0 saturated carbocycles. The molecule has 0 aliphatic rings. The zero-order chi connectivity index (χ0) is 25.7. The van der Waals surface area contributed by atoms with Gasteiger partial charge in [0.1, 0.15) is 0 Å². The molecule has 182 valence electrons. The van der Waals surface area contributed by atoms with Crippen LogP contribution in [-0.2, 0) is 32.4 Å². The van der Waals surface area contributed by atoms with E-state index < -0.39 is 58.9 Å². The summed E-state index contributed by atoms with van der Waals surface area (Å²) in [5, 5.41) is 10.2. The zero-order valence-electron chi connectivity index (χ0n) is 16.6. The minimum atomic E-state index is -5.12. The molecule has 0 spiro atoms. The molecule has 0 radical (unpaired) electrons. The van der Waals surface area contributed by atoms with Crippen LogP contribution >= 0.6 is 0 Å². The topological polar surface area (TPSA) is 120 Å². The third-order valence-electron chi connectivity index (χ3n) is 4.69. The SMILES string of the molecule is NS(=O)(=O)c1cccc(-c2cc(S(N)(=O)=O)ccc2-c2cc(C(F)(F)F)cc(C(F)(F)F)c2)c1. The van der Waals surface area contributed by atoms with Crippen LogP contribution < -0.4 is 10.3 Å². The molecule has 0 heterocycles. The highest BCUT2D eigenvalue weighted by Gasteiger charge is 2.37. The Kier molecular flexibility index (Phi) is 6.32. The number of halogens is 6. The quantitative estimate of drug-likeness (QED) is 0.493. The number of primary sulfonamides is 2. The highest BCUT2D eigenvalue weighted by Crippen LogP contribution is 2.41. The van der Waals surface area contributed by atoms with Gasteiger partial charge >= 0.3 is 12.4 Å². The van der Waals surface area contributed by atoms with Crippen molar-refractivity contribution < 1.29 is 43.2 Å². The van der Waals surface area contributed by atoms with E-state index in [-0.39, 0.29) is 22.8 Å². The van der Waals surface area contributed by atoms with Gasteiger partial charge in [0.25, 0.3) is 0 Å². The lowest BCUT2D eigenvalue weighted by atomic mass is 9.92. The van der Waals surface area contributed by atoms with E-state index >= 15 is 0 Å². The second-order valence-electron chi connectivity index (χ2n) is 7.12. The Morgan fingerprint density at radius 3 is 1.53 bits per heavy atom. The Bertz CT molecular complexity index is 1450. The number of alkyl halides is 6. The maximum Gasteiger partial charge on any atom is 0.416 e. The summed E-state index contributed by atoms with van der Waals surface area (Å²) in [7, 11) is -8.58. The van der Waals surface area contributed by atoms with Gasteiger partial charge in [-0.05, 0) is 64.7 Å². The molecule has 3 rings (SSSR count). The van der Waals surface area contributed by atoms with Crippen molar-refractivity contribution in [3.8, 4) is 22.3 Å². The molecule has 0 fully saturated rings. The van der Waals surface area contributed by atoms with Crippen LogP contribution in [0.5, 0.6) is 0 Å². The lowest BCUT2D eigenvalue weighted by molar-refractivity contribution is -0.143. The van der Waals surface area contributed by atoms with Gasteiger partial charge in [-0.1, -0.05) is 18.2 Å². The number of benzene rings is 3. The van der Waals surface area contributed by atoms with Gasteiger partial charge in [0, 0.05) is 0 Å². The number of nitrogens with two attached hydrogens (primary N) is 2. The normalized spacial score (nSPS) is 13.2. The lowest BCUT2D eigenvalue weighted by Crippen LogP contribution is -2.13. The maximum absolute atomic E-state index is 13.3. The molecule has 4 N–H and O–H groups in total. The summed E-state index contributed by atoms with van der Waals surface area (Å²) < 4.78 is 127. The molecule has 0 bridgehead atoms. The molecule has 6 nitrogen and oxygen atoms in total. The summed E-state index contributed by atoms with van der Waals surface area (Å²) in [6, 6.07) is 8.29. The second kappa shape index (κ2) is 8.37. The monoisotopic (exact) mass is 524 g/mol. The van der Waals surface area contributed by atoms with E-state index in [0.717, 1.165) is 30.3 Å². The predicted octanol–water partition coefficient (Wildman–Crippen LogP) is 4.35. The molecular weight excluding hydrogens is 510 g/mol. The standard InChI is InChI=1S/C20H14F6N2O4S2/c21-19(22,23)13-6-12(7-14(9-13)20(24,25)26)17-5-4-16(34(28,31)32)10-18(17)11-2-1-3-15(8-11)33(27,29)30/h1-10H,(H2,27,29,30)(H2,28,31,32). The molecule has 0 atom stereocenters. The summed E-state index contributed by atoms with van der Waals surface area (Å²) >= 11 is 0. The smallest absolute Gasteiger partial charge is 0.225 e. The van der Waals surface area contributed by atoms with Gasteiger partial charge < -0.3 is 0 Å². The van der Waals surface area contributed by atoms with Crippen molar-refractivity contribution in [2.45, 2.75) is 22.1 Å². The summed E-state index contributed by atoms with van der Waals surface area (Å²) in [6.07, 6.45) is -10.2. The third kappa shape index (κ3) is 5.58. The van der Waals surface area contributed by atoms with E-state index in [1.54, 1.807) is 0 Å². The highest BCUT2D eigenvalue weighted by molar-refractivity contribution is 7.89. The molecule has 0 aliphatic heterocycles. The zero-order valence-corrected chi connectivity index (χ0v) is 18.3. The summed E-state index contributed by atoms with van der Waals surface area (Å²) in [5.41, 5.74) is -4.19. The molecular formula is C20H14F6N2O4S2. The Morgan fingerprint density at radius 1 is 0.559 bits per heavy atom. The molecule has 34 heavy (non-hydrogen) atoms. The van der Waals surface area contributed by atoms with Gasteiger partial charge in [-0.3, -0.25) is 0 Å². The first-order valence-corrected chi connectivity index (χ1v) is 12.1. The van der Waals surface area contributed by atoms with Crippen molar-refractivity contribution in [1.29, 1.82) is 0 Å². The van der Waals surface area contributed by atoms with Crippen LogP contribution in [0, 0.1) is 0 Å². The van der Waals surface area contributed by atoms with Gasteiger partial charge in [-0.15, -0.1) is 0 Å². The molecule has 3 aromatic carbocycles. The minimum absolute atomic E-state index is 0.0435. The summed E-state index contributed by atoms with van der Waals surface area (Å²) in [6.45, 7) is 0. The van der Waals surface area contributed by atoms with Gasteiger partial charge in [-0.2, -0.15) is 26.3 Å². The van der Waals surface area contributed by atoms with E-state index in [0.29, 0.717) is 12.1 Å². The van der Waals surface area contributed by atoms with E-state index in [4.69, 9.17) is 10.3 Å². The van der Waals surface area contributed by atoms with E-state index in [1.807, 2.05) is 0 Å². The number of hydrogen-bond acceptors (Lipinski definition) is 4.